The molecule has 9 aromatic carbocycles. The fraction of sp³-hybridized carbons (Fsp3) is 0.0172. The van der Waals surface area contributed by atoms with Gasteiger partial charge in [-0.05, 0) is 98.1 Å². The number of benzene rings is 9. The Morgan fingerprint density at radius 2 is 0.867 bits per heavy atom. The predicted octanol–water partition coefficient (Wildman–Crippen LogP) is 15.1. The molecular weight excluding hydrogens is 725 g/mol. The molecule has 0 radical (unpaired) electrons. The monoisotopic (exact) mass is 764 g/mol. The predicted molar refractivity (Wildman–Crippen MR) is 250 cm³/mol. The van der Waals surface area contributed by atoms with Crippen molar-refractivity contribution >= 4 is 28.0 Å². The highest BCUT2D eigenvalue weighted by Crippen LogP contribution is 2.57. The van der Waals surface area contributed by atoms with E-state index in [0.29, 0.717) is 0 Å². The van der Waals surface area contributed by atoms with E-state index in [1.165, 1.54) is 50.1 Å². The molecule has 0 unspecified atom stereocenters. The number of hydrogen-bond acceptors (Lipinski definition) is 2. The van der Waals surface area contributed by atoms with Gasteiger partial charge in [-0.3, -0.25) is 0 Å². The van der Waals surface area contributed by atoms with E-state index in [1.807, 2.05) is 0 Å². The van der Waals surface area contributed by atoms with Crippen LogP contribution >= 0.6 is 0 Å². The van der Waals surface area contributed by atoms with Crippen LogP contribution < -0.4 is 4.90 Å². The highest BCUT2D eigenvalue weighted by molar-refractivity contribution is 6.02. The van der Waals surface area contributed by atoms with Crippen LogP contribution in [0.2, 0.25) is 0 Å². The van der Waals surface area contributed by atoms with Gasteiger partial charge in [0.25, 0.3) is 0 Å². The molecule has 1 aliphatic rings. The molecule has 0 bridgehead atoms. The molecule has 0 amide bonds. The lowest BCUT2D eigenvalue weighted by Gasteiger charge is -2.35. The topological polar surface area (TPSA) is 16.1 Å². The maximum atomic E-state index is 5.43. The molecule has 0 spiro atoms. The normalized spacial score (nSPS) is 12.5. The van der Waals surface area contributed by atoms with Gasteiger partial charge in [0.15, 0.2) is 0 Å². The van der Waals surface area contributed by atoms with E-state index in [1.54, 1.807) is 0 Å². The van der Waals surface area contributed by atoms with Crippen molar-refractivity contribution in [2.75, 3.05) is 4.90 Å². The largest absolute Gasteiger partial charge is 0.310 e. The first-order valence-corrected chi connectivity index (χ1v) is 20.6. The Bertz CT molecular complexity index is 3100. The Morgan fingerprint density at radius 3 is 1.58 bits per heavy atom. The minimum atomic E-state index is -0.521. The number of anilines is 3. The maximum absolute atomic E-state index is 5.43. The van der Waals surface area contributed by atoms with E-state index < -0.39 is 5.41 Å². The van der Waals surface area contributed by atoms with Gasteiger partial charge in [0.05, 0.1) is 22.3 Å². The summed E-state index contributed by atoms with van der Waals surface area (Å²) in [6.45, 7) is 0. The Balaban J connectivity index is 1.15. The third-order valence-electron chi connectivity index (χ3n) is 12.2. The lowest BCUT2D eigenvalue weighted by Crippen LogP contribution is -2.28. The Labute approximate surface area is 351 Å². The third-order valence-corrected chi connectivity index (χ3v) is 12.2. The first-order valence-electron chi connectivity index (χ1n) is 20.6. The van der Waals surface area contributed by atoms with Crippen LogP contribution in [-0.2, 0) is 5.41 Å². The SMILES string of the molecule is c1ccc(-c2ccccc2-c2cc(-c3ccccc3N(c3ccccc3)c3ccc4c(c3)C(c3ccccc3)(c3ccccc3)c3ccccc3-4)nc3ccccc23)cc1. The number of hydrogen-bond donors (Lipinski definition) is 0. The van der Waals surface area contributed by atoms with Crippen molar-refractivity contribution in [1.82, 2.24) is 4.98 Å². The molecule has 0 saturated carbocycles. The molecule has 0 saturated heterocycles. The molecule has 10 aromatic rings. The lowest BCUT2D eigenvalue weighted by atomic mass is 9.67. The zero-order valence-corrected chi connectivity index (χ0v) is 33.0. The van der Waals surface area contributed by atoms with Gasteiger partial charge in [0, 0.05) is 22.3 Å². The summed E-state index contributed by atoms with van der Waals surface area (Å²) in [4.78, 5) is 7.84. The van der Waals surface area contributed by atoms with Crippen LogP contribution in [0.25, 0.3) is 55.5 Å². The van der Waals surface area contributed by atoms with Crippen LogP contribution in [0.15, 0.2) is 243 Å². The van der Waals surface area contributed by atoms with Crippen molar-refractivity contribution < 1.29 is 0 Å². The summed E-state index contributed by atoms with van der Waals surface area (Å²) in [6, 6.07) is 87.7. The lowest BCUT2D eigenvalue weighted by molar-refractivity contribution is 0.768. The molecular formula is C58H40N2. The van der Waals surface area contributed by atoms with Gasteiger partial charge in [-0.1, -0.05) is 200 Å². The summed E-state index contributed by atoms with van der Waals surface area (Å²) in [5.41, 5.74) is 17.9. The molecule has 0 atom stereocenters. The zero-order valence-electron chi connectivity index (χ0n) is 33.0. The standard InChI is InChI=1S/C58H40N2/c1-5-21-41(22-6-1)46-29-13-14-30-47(46)52-40-56(59-55-35-19-16-32-50(52)55)51-33-17-20-36-57(51)60(44-27-11-4-12-28-44)45-37-38-49-48-31-15-18-34-53(48)58(54(49)39-45,42-23-7-2-8-24-42)43-25-9-3-10-26-43/h1-40H. The van der Waals surface area contributed by atoms with Crippen molar-refractivity contribution in [2.24, 2.45) is 0 Å². The van der Waals surface area contributed by atoms with Gasteiger partial charge in [0.2, 0.25) is 0 Å². The molecule has 1 aliphatic carbocycles. The molecule has 0 aliphatic heterocycles. The molecule has 282 valence electrons. The summed E-state index contributed by atoms with van der Waals surface area (Å²) < 4.78 is 0. The van der Waals surface area contributed by atoms with Gasteiger partial charge in [-0.2, -0.15) is 0 Å². The fourth-order valence-corrected chi connectivity index (χ4v) is 9.58. The average Bonchev–Trinajstić information content (AvgIpc) is 3.63. The quantitative estimate of drug-likeness (QED) is 0.153. The van der Waals surface area contributed by atoms with Crippen LogP contribution in [0.4, 0.5) is 17.1 Å². The molecule has 2 heteroatoms. The minimum Gasteiger partial charge on any atom is -0.310 e. The van der Waals surface area contributed by atoms with E-state index in [-0.39, 0.29) is 0 Å². The van der Waals surface area contributed by atoms with Crippen LogP contribution in [0, 0.1) is 0 Å². The van der Waals surface area contributed by atoms with Gasteiger partial charge in [-0.25, -0.2) is 4.98 Å². The molecule has 0 fully saturated rings. The molecule has 11 rings (SSSR count). The van der Waals surface area contributed by atoms with Crippen LogP contribution in [0.5, 0.6) is 0 Å². The number of nitrogens with zero attached hydrogens (tertiary/aromatic N) is 2. The third kappa shape index (κ3) is 5.76. The van der Waals surface area contributed by atoms with Gasteiger partial charge in [-0.15, -0.1) is 0 Å². The zero-order chi connectivity index (χ0) is 39.9. The van der Waals surface area contributed by atoms with E-state index >= 15 is 0 Å². The first kappa shape index (κ1) is 35.4. The summed E-state index contributed by atoms with van der Waals surface area (Å²) in [7, 11) is 0. The summed E-state index contributed by atoms with van der Waals surface area (Å²) in [6.07, 6.45) is 0. The smallest absolute Gasteiger partial charge is 0.0737 e. The van der Waals surface area contributed by atoms with E-state index in [2.05, 4.69) is 248 Å². The van der Waals surface area contributed by atoms with Crippen molar-refractivity contribution in [3.63, 3.8) is 0 Å². The summed E-state index contributed by atoms with van der Waals surface area (Å²) in [5.74, 6) is 0. The number of para-hydroxylation sites is 3. The van der Waals surface area contributed by atoms with E-state index in [9.17, 15) is 0 Å². The molecule has 60 heavy (non-hydrogen) atoms. The fourth-order valence-electron chi connectivity index (χ4n) is 9.58. The van der Waals surface area contributed by atoms with Crippen molar-refractivity contribution in [1.29, 1.82) is 0 Å². The first-order chi connectivity index (χ1) is 29.8. The molecule has 2 nitrogen and oxygen atoms in total. The summed E-state index contributed by atoms with van der Waals surface area (Å²) >= 11 is 0. The summed E-state index contributed by atoms with van der Waals surface area (Å²) in [5, 5.41) is 1.12. The van der Waals surface area contributed by atoms with Gasteiger partial charge >= 0.3 is 0 Å². The van der Waals surface area contributed by atoms with Crippen LogP contribution in [0.3, 0.4) is 0 Å². The number of fused-ring (bicyclic) bond motifs is 4. The number of pyridine rings is 1. The second kappa shape index (κ2) is 14.8. The van der Waals surface area contributed by atoms with E-state index in [4.69, 9.17) is 4.98 Å². The second-order valence-corrected chi connectivity index (χ2v) is 15.4. The van der Waals surface area contributed by atoms with Crippen LogP contribution in [-0.4, -0.2) is 4.98 Å². The van der Waals surface area contributed by atoms with Crippen molar-refractivity contribution in [3.8, 4) is 44.6 Å². The van der Waals surface area contributed by atoms with Gasteiger partial charge < -0.3 is 4.90 Å². The molecule has 1 heterocycles. The molecule has 1 aromatic heterocycles. The average molecular weight is 765 g/mol. The highest BCUT2D eigenvalue weighted by atomic mass is 15.1. The Hall–Kier alpha value is -7.81. The second-order valence-electron chi connectivity index (χ2n) is 15.4. The van der Waals surface area contributed by atoms with Crippen molar-refractivity contribution in [3.05, 3.63) is 265 Å². The minimum absolute atomic E-state index is 0.521. The van der Waals surface area contributed by atoms with Gasteiger partial charge in [0.1, 0.15) is 0 Å². The van der Waals surface area contributed by atoms with E-state index in [0.717, 1.165) is 44.8 Å². The highest BCUT2D eigenvalue weighted by Gasteiger charge is 2.46. The Kier molecular flexibility index (Phi) is 8.75. The Morgan fingerprint density at radius 1 is 0.333 bits per heavy atom. The van der Waals surface area contributed by atoms with Crippen LogP contribution in [0.1, 0.15) is 22.3 Å². The number of rotatable bonds is 8. The number of aromatic nitrogens is 1. The molecule has 0 N–H and O–H groups in total. The maximum Gasteiger partial charge on any atom is 0.0737 e. The van der Waals surface area contributed by atoms with Crippen molar-refractivity contribution in [2.45, 2.75) is 5.41 Å².